The minimum Gasteiger partial charge on any atom is -0.356 e. The van der Waals surface area contributed by atoms with Crippen molar-refractivity contribution in [1.29, 1.82) is 0 Å². The van der Waals surface area contributed by atoms with Crippen LogP contribution in [0.2, 0.25) is 15.1 Å². The minimum absolute atomic E-state index is 0.0973. The normalized spacial score (nSPS) is 13.8. The lowest BCUT2D eigenvalue weighted by molar-refractivity contribution is -0.126. The van der Waals surface area contributed by atoms with E-state index in [1.807, 2.05) is 12.1 Å². The Kier molecular flexibility index (Phi) is 5.44. The molecular weight excluding hydrogens is 419 g/mol. The summed E-state index contributed by atoms with van der Waals surface area (Å²) in [6, 6.07) is 12.5. The topological polar surface area (TPSA) is 46.3 Å². The van der Waals surface area contributed by atoms with Crippen molar-refractivity contribution in [2.75, 3.05) is 6.54 Å². The summed E-state index contributed by atoms with van der Waals surface area (Å²) < 4.78 is 5.55. The fraction of sp³-hybridized carbons (Fsp3) is 0.143. The summed E-state index contributed by atoms with van der Waals surface area (Å²) in [5.74, 6) is 0.578. The number of benzene rings is 2. The van der Waals surface area contributed by atoms with Crippen LogP contribution in [-0.2, 0) is 17.8 Å². The maximum Gasteiger partial charge on any atom is 0.246 e. The first kappa shape index (κ1) is 19.1. The molecule has 0 saturated heterocycles. The standard InChI is InChI=1S/C21H15Cl3N2O2/c22-15-5-2-14(3-6-15)21-17-12-26(10-9-19(17)25-28-21)20(27)8-4-13-1-7-16(23)11-18(13)24/h1-8,11H,9-10,12H2/b8-4+. The van der Waals surface area contributed by atoms with Gasteiger partial charge in [-0.25, -0.2) is 0 Å². The summed E-state index contributed by atoms with van der Waals surface area (Å²) in [7, 11) is 0. The smallest absolute Gasteiger partial charge is 0.246 e. The number of rotatable bonds is 3. The number of carbonyl (C=O) groups is 1. The Morgan fingerprint density at radius 3 is 2.57 bits per heavy atom. The number of halogens is 3. The number of nitrogens with zero attached hydrogens (tertiary/aromatic N) is 2. The molecule has 1 aromatic heterocycles. The molecule has 1 aliphatic heterocycles. The van der Waals surface area contributed by atoms with Gasteiger partial charge < -0.3 is 9.42 Å². The van der Waals surface area contributed by atoms with Crippen LogP contribution in [0.5, 0.6) is 0 Å². The van der Waals surface area contributed by atoms with Gasteiger partial charge in [0.1, 0.15) is 0 Å². The quantitative estimate of drug-likeness (QED) is 0.483. The molecule has 0 bridgehead atoms. The van der Waals surface area contributed by atoms with Crippen LogP contribution in [0.15, 0.2) is 53.1 Å². The molecule has 0 unspecified atom stereocenters. The highest BCUT2D eigenvalue weighted by atomic mass is 35.5. The lowest BCUT2D eigenvalue weighted by atomic mass is 10.0. The fourth-order valence-electron chi connectivity index (χ4n) is 3.13. The van der Waals surface area contributed by atoms with Crippen molar-refractivity contribution in [3.63, 3.8) is 0 Å². The SMILES string of the molecule is O=C(/C=C/c1ccc(Cl)cc1Cl)N1CCc2noc(-c3ccc(Cl)cc3)c2C1. The molecule has 142 valence electrons. The molecular formula is C21H15Cl3N2O2. The summed E-state index contributed by atoms with van der Waals surface area (Å²) in [6.07, 6.45) is 3.87. The molecule has 4 nitrogen and oxygen atoms in total. The summed E-state index contributed by atoms with van der Waals surface area (Å²) in [4.78, 5) is 14.4. The zero-order valence-corrected chi connectivity index (χ0v) is 16.9. The van der Waals surface area contributed by atoms with Crippen molar-refractivity contribution in [3.8, 4) is 11.3 Å². The van der Waals surface area contributed by atoms with Gasteiger partial charge in [-0.3, -0.25) is 4.79 Å². The molecule has 3 aromatic rings. The summed E-state index contributed by atoms with van der Waals surface area (Å²) in [6.45, 7) is 1.02. The van der Waals surface area contributed by atoms with Crippen LogP contribution < -0.4 is 0 Å². The Balaban J connectivity index is 1.53. The number of hydrogen-bond acceptors (Lipinski definition) is 3. The summed E-state index contributed by atoms with van der Waals surface area (Å²) in [5.41, 5.74) is 3.44. The third-order valence-corrected chi connectivity index (χ3v) is 5.44. The van der Waals surface area contributed by atoms with E-state index in [0.29, 0.717) is 40.3 Å². The van der Waals surface area contributed by atoms with E-state index >= 15 is 0 Å². The minimum atomic E-state index is -0.0973. The molecule has 0 saturated carbocycles. The van der Waals surface area contributed by atoms with Crippen molar-refractivity contribution in [1.82, 2.24) is 10.1 Å². The number of amides is 1. The van der Waals surface area contributed by atoms with Crippen molar-refractivity contribution >= 4 is 46.8 Å². The van der Waals surface area contributed by atoms with Crippen LogP contribution in [0.3, 0.4) is 0 Å². The Bertz CT molecular complexity index is 1060. The Morgan fingerprint density at radius 1 is 1.07 bits per heavy atom. The molecule has 4 rings (SSSR count). The van der Waals surface area contributed by atoms with Gasteiger partial charge in [0.15, 0.2) is 5.76 Å². The second-order valence-electron chi connectivity index (χ2n) is 6.45. The number of aromatic nitrogens is 1. The second kappa shape index (κ2) is 8.00. The predicted octanol–water partition coefficient (Wildman–Crippen LogP) is 5.90. The monoisotopic (exact) mass is 432 g/mol. The molecule has 1 aliphatic rings. The molecule has 0 aliphatic carbocycles. The molecule has 2 aromatic carbocycles. The first-order chi connectivity index (χ1) is 13.5. The average molecular weight is 434 g/mol. The maximum atomic E-state index is 12.7. The van der Waals surface area contributed by atoms with Gasteiger partial charge in [0.2, 0.25) is 5.91 Å². The zero-order valence-electron chi connectivity index (χ0n) is 14.7. The van der Waals surface area contributed by atoms with Crippen molar-refractivity contribution in [2.45, 2.75) is 13.0 Å². The van der Waals surface area contributed by atoms with E-state index in [-0.39, 0.29) is 5.91 Å². The average Bonchev–Trinajstić information content (AvgIpc) is 3.11. The number of carbonyl (C=O) groups excluding carboxylic acids is 1. The lowest BCUT2D eigenvalue weighted by Crippen LogP contribution is -2.34. The van der Waals surface area contributed by atoms with Crippen molar-refractivity contribution < 1.29 is 9.32 Å². The van der Waals surface area contributed by atoms with Crippen LogP contribution in [0.1, 0.15) is 16.8 Å². The van der Waals surface area contributed by atoms with Gasteiger partial charge in [0.05, 0.1) is 12.2 Å². The van der Waals surface area contributed by atoms with E-state index in [1.165, 1.54) is 6.08 Å². The highest BCUT2D eigenvalue weighted by Crippen LogP contribution is 2.31. The molecule has 2 heterocycles. The molecule has 0 fully saturated rings. The molecule has 0 atom stereocenters. The molecule has 0 radical (unpaired) electrons. The summed E-state index contributed by atoms with van der Waals surface area (Å²) in [5, 5.41) is 5.88. The largest absolute Gasteiger partial charge is 0.356 e. The molecule has 0 N–H and O–H groups in total. The zero-order chi connectivity index (χ0) is 19.7. The maximum absolute atomic E-state index is 12.7. The Labute approximate surface area is 177 Å². The first-order valence-electron chi connectivity index (χ1n) is 8.66. The number of fused-ring (bicyclic) bond motifs is 1. The van der Waals surface area contributed by atoms with Crippen LogP contribution in [0.4, 0.5) is 0 Å². The molecule has 1 amide bonds. The van der Waals surface area contributed by atoms with Gasteiger partial charge in [0.25, 0.3) is 0 Å². The third kappa shape index (κ3) is 3.95. The van der Waals surface area contributed by atoms with Gasteiger partial charge in [-0.05, 0) is 48.0 Å². The van der Waals surface area contributed by atoms with Gasteiger partial charge in [-0.15, -0.1) is 0 Å². The van der Waals surface area contributed by atoms with Gasteiger partial charge >= 0.3 is 0 Å². The van der Waals surface area contributed by atoms with Crippen molar-refractivity contribution in [2.24, 2.45) is 0 Å². The van der Waals surface area contributed by atoms with Gasteiger partial charge in [-0.2, -0.15) is 0 Å². The van der Waals surface area contributed by atoms with Crippen LogP contribution >= 0.6 is 34.8 Å². The Morgan fingerprint density at radius 2 is 1.82 bits per heavy atom. The van der Waals surface area contributed by atoms with Crippen molar-refractivity contribution in [3.05, 3.63) is 80.4 Å². The van der Waals surface area contributed by atoms with Crippen LogP contribution in [0.25, 0.3) is 17.4 Å². The predicted molar refractivity (Wildman–Crippen MR) is 112 cm³/mol. The van der Waals surface area contributed by atoms with Gasteiger partial charge in [0, 0.05) is 45.2 Å². The van der Waals surface area contributed by atoms with Gasteiger partial charge in [-0.1, -0.05) is 46.0 Å². The van der Waals surface area contributed by atoms with E-state index < -0.39 is 0 Å². The Hall–Kier alpha value is -2.27. The molecule has 0 spiro atoms. The molecule has 7 heteroatoms. The van der Waals surface area contributed by atoms with E-state index in [9.17, 15) is 4.79 Å². The van der Waals surface area contributed by atoms with E-state index in [0.717, 1.165) is 22.4 Å². The lowest BCUT2D eigenvalue weighted by Gasteiger charge is -2.25. The first-order valence-corrected chi connectivity index (χ1v) is 9.80. The van der Waals surface area contributed by atoms with Crippen LogP contribution in [-0.4, -0.2) is 22.5 Å². The second-order valence-corrected chi connectivity index (χ2v) is 7.73. The van der Waals surface area contributed by atoms with E-state index in [1.54, 1.807) is 41.3 Å². The highest BCUT2D eigenvalue weighted by molar-refractivity contribution is 6.35. The van der Waals surface area contributed by atoms with E-state index in [2.05, 4.69) is 5.16 Å². The number of hydrogen-bond donors (Lipinski definition) is 0. The third-order valence-electron chi connectivity index (χ3n) is 4.62. The van der Waals surface area contributed by atoms with E-state index in [4.69, 9.17) is 39.3 Å². The summed E-state index contributed by atoms with van der Waals surface area (Å²) >= 11 is 18.0. The van der Waals surface area contributed by atoms with Crippen LogP contribution in [0, 0.1) is 0 Å². The fourth-order valence-corrected chi connectivity index (χ4v) is 3.73. The highest BCUT2D eigenvalue weighted by Gasteiger charge is 2.26. The molecule has 28 heavy (non-hydrogen) atoms.